The number of methoxy groups -OCH3 is 1. The van der Waals surface area contributed by atoms with E-state index in [0.717, 1.165) is 12.8 Å². The Kier molecular flexibility index (Phi) is 7.18. The summed E-state index contributed by atoms with van der Waals surface area (Å²) in [4.78, 5) is 13.8. The molecule has 0 saturated heterocycles. The van der Waals surface area contributed by atoms with Crippen molar-refractivity contribution in [2.45, 2.75) is 19.8 Å². The first-order chi connectivity index (χ1) is 9.62. The number of unbranched alkanes of at least 4 members (excludes halogenated alkanes) is 1. The molecule has 5 nitrogen and oxygen atoms in total. The summed E-state index contributed by atoms with van der Waals surface area (Å²) < 4.78 is 5.18. The van der Waals surface area contributed by atoms with Crippen molar-refractivity contribution >= 4 is 23.3 Å². The lowest BCUT2D eigenvalue weighted by molar-refractivity contribution is 0.187. The predicted octanol–water partition coefficient (Wildman–Crippen LogP) is 2.97. The molecule has 0 unspecified atom stereocenters. The zero-order chi connectivity index (χ0) is 15.0. The van der Waals surface area contributed by atoms with Crippen molar-refractivity contribution < 1.29 is 14.6 Å². The highest BCUT2D eigenvalue weighted by Gasteiger charge is 2.14. The number of benzene rings is 1. The first kappa shape index (κ1) is 16.6. The molecule has 0 aliphatic carbocycles. The van der Waals surface area contributed by atoms with Crippen LogP contribution in [0.1, 0.15) is 19.8 Å². The number of rotatable bonds is 7. The molecule has 0 saturated carbocycles. The van der Waals surface area contributed by atoms with Gasteiger partial charge in [0, 0.05) is 18.1 Å². The minimum atomic E-state index is -0.270. The van der Waals surface area contributed by atoms with Crippen molar-refractivity contribution in [3.05, 3.63) is 23.2 Å². The largest absolute Gasteiger partial charge is 0.495 e. The number of halogens is 1. The number of carbonyl (C=O) groups excluding carboxylic acids is 1. The Balaban J connectivity index is 2.78. The summed E-state index contributed by atoms with van der Waals surface area (Å²) in [6.07, 6.45) is 1.87. The molecule has 1 aromatic carbocycles. The highest BCUT2D eigenvalue weighted by atomic mass is 35.5. The standard InChI is InChI=1S/C14H21ClN2O3/c1-3-4-7-17(8-9-18)14(19)16-12-10-11(15)5-6-13(12)20-2/h5-6,10,18H,3-4,7-9H2,1-2H3,(H,16,19). The van der Waals surface area contributed by atoms with E-state index in [2.05, 4.69) is 12.2 Å². The molecule has 20 heavy (non-hydrogen) atoms. The lowest BCUT2D eigenvalue weighted by Crippen LogP contribution is -2.37. The second kappa shape index (κ2) is 8.66. The quantitative estimate of drug-likeness (QED) is 0.814. The van der Waals surface area contributed by atoms with Crippen LogP contribution in [-0.2, 0) is 0 Å². The smallest absolute Gasteiger partial charge is 0.322 e. The van der Waals surface area contributed by atoms with Crippen molar-refractivity contribution in [2.24, 2.45) is 0 Å². The third kappa shape index (κ3) is 4.90. The highest BCUT2D eigenvalue weighted by Crippen LogP contribution is 2.27. The monoisotopic (exact) mass is 300 g/mol. The molecule has 0 fully saturated rings. The summed E-state index contributed by atoms with van der Waals surface area (Å²) >= 11 is 5.92. The van der Waals surface area contributed by atoms with Crippen LogP contribution in [-0.4, -0.2) is 42.8 Å². The van der Waals surface area contributed by atoms with Gasteiger partial charge in [0.05, 0.1) is 19.4 Å². The van der Waals surface area contributed by atoms with Crippen LogP contribution in [0.15, 0.2) is 18.2 Å². The van der Waals surface area contributed by atoms with Gasteiger partial charge in [-0.25, -0.2) is 4.79 Å². The predicted molar refractivity (Wildman–Crippen MR) is 80.6 cm³/mol. The van der Waals surface area contributed by atoms with E-state index in [1.54, 1.807) is 23.1 Å². The van der Waals surface area contributed by atoms with Gasteiger partial charge in [0.1, 0.15) is 5.75 Å². The molecule has 0 spiro atoms. The van der Waals surface area contributed by atoms with Crippen LogP contribution in [0.3, 0.4) is 0 Å². The minimum absolute atomic E-state index is 0.0657. The van der Waals surface area contributed by atoms with Crippen molar-refractivity contribution in [1.82, 2.24) is 4.90 Å². The normalized spacial score (nSPS) is 10.2. The molecule has 0 atom stereocenters. The van der Waals surface area contributed by atoms with E-state index in [4.69, 9.17) is 21.4 Å². The van der Waals surface area contributed by atoms with Gasteiger partial charge in [-0.2, -0.15) is 0 Å². The van der Waals surface area contributed by atoms with Crippen LogP contribution in [0.25, 0.3) is 0 Å². The average molecular weight is 301 g/mol. The number of nitrogens with zero attached hydrogens (tertiary/aromatic N) is 1. The Morgan fingerprint density at radius 3 is 2.80 bits per heavy atom. The molecule has 0 aromatic heterocycles. The molecule has 0 radical (unpaired) electrons. The Bertz CT molecular complexity index is 440. The second-order valence-electron chi connectivity index (χ2n) is 4.34. The van der Waals surface area contributed by atoms with E-state index in [9.17, 15) is 4.79 Å². The fraction of sp³-hybridized carbons (Fsp3) is 0.500. The molecule has 0 bridgehead atoms. The van der Waals surface area contributed by atoms with Crippen molar-refractivity contribution in [1.29, 1.82) is 0 Å². The summed E-state index contributed by atoms with van der Waals surface area (Å²) in [5.41, 5.74) is 0.518. The fourth-order valence-corrected chi connectivity index (χ4v) is 1.93. The van der Waals surface area contributed by atoms with Gasteiger partial charge in [-0.15, -0.1) is 0 Å². The van der Waals surface area contributed by atoms with Crippen LogP contribution in [0.2, 0.25) is 5.02 Å². The average Bonchev–Trinajstić information content (AvgIpc) is 2.43. The molecule has 2 N–H and O–H groups in total. The summed E-state index contributed by atoms with van der Waals surface area (Å²) in [5, 5.41) is 12.3. The second-order valence-corrected chi connectivity index (χ2v) is 4.78. The van der Waals surface area contributed by atoms with Gasteiger partial charge in [-0.3, -0.25) is 0 Å². The maximum absolute atomic E-state index is 12.2. The van der Waals surface area contributed by atoms with Gasteiger partial charge < -0.3 is 20.1 Å². The topological polar surface area (TPSA) is 61.8 Å². The number of urea groups is 1. The first-order valence-electron chi connectivity index (χ1n) is 6.62. The number of amides is 2. The van der Waals surface area contributed by atoms with E-state index in [1.165, 1.54) is 7.11 Å². The third-order valence-corrected chi connectivity index (χ3v) is 3.08. The fourth-order valence-electron chi connectivity index (χ4n) is 1.76. The number of carbonyl (C=O) groups is 1. The van der Waals surface area contributed by atoms with Gasteiger partial charge >= 0.3 is 6.03 Å². The molecular formula is C14H21ClN2O3. The number of aliphatic hydroxyl groups excluding tert-OH is 1. The Morgan fingerprint density at radius 2 is 2.20 bits per heavy atom. The number of anilines is 1. The van der Waals surface area contributed by atoms with E-state index in [0.29, 0.717) is 29.5 Å². The molecule has 0 aliphatic rings. The maximum Gasteiger partial charge on any atom is 0.322 e. The van der Waals surface area contributed by atoms with E-state index in [-0.39, 0.29) is 12.6 Å². The van der Waals surface area contributed by atoms with Crippen LogP contribution in [0.5, 0.6) is 5.75 Å². The maximum atomic E-state index is 12.2. The number of hydrogen-bond acceptors (Lipinski definition) is 3. The van der Waals surface area contributed by atoms with E-state index < -0.39 is 0 Å². The molecular weight excluding hydrogens is 280 g/mol. The minimum Gasteiger partial charge on any atom is -0.495 e. The van der Waals surface area contributed by atoms with Crippen LogP contribution < -0.4 is 10.1 Å². The van der Waals surface area contributed by atoms with E-state index >= 15 is 0 Å². The Hall–Kier alpha value is -1.46. The zero-order valence-corrected chi connectivity index (χ0v) is 12.6. The summed E-state index contributed by atoms with van der Waals surface area (Å²) in [7, 11) is 1.53. The molecule has 2 amide bonds. The Morgan fingerprint density at radius 1 is 1.45 bits per heavy atom. The summed E-state index contributed by atoms with van der Waals surface area (Å²) in [6.45, 7) is 2.89. The van der Waals surface area contributed by atoms with Gasteiger partial charge in [0.25, 0.3) is 0 Å². The molecule has 1 aromatic rings. The number of hydrogen-bond donors (Lipinski definition) is 2. The lowest BCUT2D eigenvalue weighted by Gasteiger charge is -2.22. The third-order valence-electron chi connectivity index (χ3n) is 2.84. The van der Waals surface area contributed by atoms with E-state index in [1.807, 2.05) is 0 Å². The SMILES string of the molecule is CCCCN(CCO)C(=O)Nc1cc(Cl)ccc1OC. The Labute approximate surface area is 124 Å². The zero-order valence-electron chi connectivity index (χ0n) is 11.9. The van der Waals surface area contributed by atoms with Gasteiger partial charge in [-0.1, -0.05) is 24.9 Å². The number of nitrogens with one attached hydrogen (secondary N) is 1. The van der Waals surface area contributed by atoms with Crippen LogP contribution >= 0.6 is 11.6 Å². The van der Waals surface area contributed by atoms with Crippen LogP contribution in [0.4, 0.5) is 10.5 Å². The molecule has 6 heteroatoms. The molecule has 112 valence electrons. The van der Waals surface area contributed by atoms with Gasteiger partial charge in [0.2, 0.25) is 0 Å². The molecule has 1 rings (SSSR count). The number of ether oxygens (including phenoxy) is 1. The lowest BCUT2D eigenvalue weighted by atomic mass is 10.3. The van der Waals surface area contributed by atoms with Crippen molar-refractivity contribution in [3.63, 3.8) is 0 Å². The van der Waals surface area contributed by atoms with Gasteiger partial charge in [-0.05, 0) is 24.6 Å². The summed E-state index contributed by atoms with van der Waals surface area (Å²) in [5.74, 6) is 0.544. The van der Waals surface area contributed by atoms with Gasteiger partial charge in [0.15, 0.2) is 0 Å². The first-order valence-corrected chi connectivity index (χ1v) is 7.00. The van der Waals surface area contributed by atoms with Crippen LogP contribution in [0, 0.1) is 0 Å². The highest BCUT2D eigenvalue weighted by molar-refractivity contribution is 6.31. The molecule has 0 heterocycles. The van der Waals surface area contributed by atoms with Crippen molar-refractivity contribution in [2.75, 3.05) is 32.1 Å². The summed E-state index contributed by atoms with van der Waals surface area (Å²) in [6, 6.07) is 4.75. The van der Waals surface area contributed by atoms with Crippen molar-refractivity contribution in [3.8, 4) is 5.75 Å². The molecule has 0 aliphatic heterocycles. The number of aliphatic hydroxyl groups is 1.